The molecule has 0 aliphatic heterocycles. The van der Waals surface area contributed by atoms with Gasteiger partial charge in [-0.1, -0.05) is 63.3 Å². The van der Waals surface area contributed by atoms with Crippen LogP contribution in [-0.2, 0) is 0 Å². The van der Waals surface area contributed by atoms with Crippen molar-refractivity contribution in [2.75, 3.05) is 6.61 Å². The molecule has 0 heterocycles. The lowest BCUT2D eigenvalue weighted by Crippen LogP contribution is -2.14. The maximum atomic E-state index is 8.88. The molecule has 0 bridgehead atoms. The summed E-state index contributed by atoms with van der Waals surface area (Å²) in [6, 6.07) is 18.1. The van der Waals surface area contributed by atoms with E-state index in [1.807, 2.05) is 36.4 Å². The van der Waals surface area contributed by atoms with Crippen LogP contribution >= 0.6 is 0 Å². The summed E-state index contributed by atoms with van der Waals surface area (Å²) in [5.74, 6) is 2.84. The molecular weight excluding hydrogens is 318 g/mol. The van der Waals surface area contributed by atoms with E-state index in [4.69, 9.17) is 10.00 Å². The number of hydrogen-bond donors (Lipinski definition) is 0. The fraction of sp³-hybridized carbons (Fsp3) is 0.458. The van der Waals surface area contributed by atoms with Crippen molar-refractivity contribution in [1.29, 1.82) is 5.26 Å². The molecule has 1 aliphatic rings. The summed E-state index contributed by atoms with van der Waals surface area (Å²) >= 11 is 0. The molecule has 0 unspecified atom stereocenters. The van der Waals surface area contributed by atoms with Crippen molar-refractivity contribution in [1.82, 2.24) is 0 Å². The standard InChI is InChI=1S/C24H29NO/c1-2-19-5-7-20(8-6-19)4-3-17-26-24-15-13-23(14-16-24)22-11-9-21(18-25)10-12-22/h9-16,19-20H,2-8,17H2,1H3. The van der Waals surface area contributed by atoms with Gasteiger partial charge in [0.05, 0.1) is 18.2 Å². The lowest BCUT2D eigenvalue weighted by molar-refractivity contribution is 0.234. The van der Waals surface area contributed by atoms with E-state index in [0.717, 1.165) is 41.7 Å². The molecule has 0 aromatic heterocycles. The minimum Gasteiger partial charge on any atom is -0.494 e. The highest BCUT2D eigenvalue weighted by molar-refractivity contribution is 5.64. The smallest absolute Gasteiger partial charge is 0.119 e. The zero-order valence-corrected chi connectivity index (χ0v) is 15.8. The normalized spacial score (nSPS) is 19.7. The van der Waals surface area contributed by atoms with Crippen molar-refractivity contribution in [3.63, 3.8) is 0 Å². The Hall–Kier alpha value is -2.27. The molecule has 2 aromatic rings. The molecule has 1 fully saturated rings. The highest BCUT2D eigenvalue weighted by Gasteiger charge is 2.19. The molecule has 0 saturated heterocycles. The summed E-state index contributed by atoms with van der Waals surface area (Å²) in [6.45, 7) is 3.13. The molecule has 2 aromatic carbocycles. The second-order valence-electron chi connectivity index (χ2n) is 7.50. The van der Waals surface area contributed by atoms with Gasteiger partial charge < -0.3 is 4.74 Å². The third-order valence-corrected chi connectivity index (χ3v) is 5.77. The van der Waals surface area contributed by atoms with Crippen LogP contribution in [0.2, 0.25) is 0 Å². The van der Waals surface area contributed by atoms with Crippen LogP contribution in [0, 0.1) is 23.2 Å². The van der Waals surface area contributed by atoms with Crippen molar-refractivity contribution < 1.29 is 4.74 Å². The Morgan fingerprint density at radius 1 is 0.885 bits per heavy atom. The highest BCUT2D eigenvalue weighted by Crippen LogP contribution is 2.33. The Morgan fingerprint density at radius 2 is 1.46 bits per heavy atom. The second-order valence-corrected chi connectivity index (χ2v) is 7.50. The van der Waals surface area contributed by atoms with Crippen molar-refractivity contribution in [2.45, 2.75) is 51.9 Å². The summed E-state index contributed by atoms with van der Waals surface area (Å²) in [7, 11) is 0. The van der Waals surface area contributed by atoms with Gasteiger partial charge in [-0.25, -0.2) is 0 Å². The van der Waals surface area contributed by atoms with E-state index in [2.05, 4.69) is 25.1 Å². The third-order valence-electron chi connectivity index (χ3n) is 5.77. The monoisotopic (exact) mass is 347 g/mol. The molecule has 1 saturated carbocycles. The largest absolute Gasteiger partial charge is 0.494 e. The van der Waals surface area contributed by atoms with E-state index in [1.165, 1.54) is 38.5 Å². The van der Waals surface area contributed by atoms with Crippen LogP contribution in [0.3, 0.4) is 0 Å². The van der Waals surface area contributed by atoms with Gasteiger partial charge in [-0.3, -0.25) is 0 Å². The van der Waals surface area contributed by atoms with E-state index in [0.29, 0.717) is 5.56 Å². The average molecular weight is 348 g/mol. The van der Waals surface area contributed by atoms with Gasteiger partial charge in [0.15, 0.2) is 0 Å². The Bertz CT molecular complexity index is 703. The topological polar surface area (TPSA) is 33.0 Å². The third kappa shape index (κ3) is 5.11. The van der Waals surface area contributed by atoms with E-state index < -0.39 is 0 Å². The Morgan fingerprint density at radius 3 is 2.04 bits per heavy atom. The first kappa shape index (κ1) is 18.5. The quantitative estimate of drug-likeness (QED) is 0.529. The van der Waals surface area contributed by atoms with Gasteiger partial charge in [-0.2, -0.15) is 5.26 Å². The van der Waals surface area contributed by atoms with Gasteiger partial charge in [0.1, 0.15) is 5.75 Å². The van der Waals surface area contributed by atoms with Crippen LogP contribution in [-0.4, -0.2) is 6.61 Å². The van der Waals surface area contributed by atoms with Gasteiger partial charge in [0.25, 0.3) is 0 Å². The highest BCUT2D eigenvalue weighted by atomic mass is 16.5. The van der Waals surface area contributed by atoms with Crippen LogP contribution in [0.1, 0.15) is 57.4 Å². The first-order valence-electron chi connectivity index (χ1n) is 10.0. The van der Waals surface area contributed by atoms with Crippen molar-refractivity contribution in [3.8, 4) is 22.9 Å². The summed E-state index contributed by atoms with van der Waals surface area (Å²) in [5.41, 5.74) is 2.96. The molecule has 0 radical (unpaired) electrons. The van der Waals surface area contributed by atoms with Gasteiger partial charge in [-0.15, -0.1) is 0 Å². The predicted octanol–water partition coefficient (Wildman–Crippen LogP) is 6.60. The molecule has 2 nitrogen and oxygen atoms in total. The van der Waals surface area contributed by atoms with E-state index in [9.17, 15) is 0 Å². The van der Waals surface area contributed by atoms with Crippen molar-refractivity contribution in [2.24, 2.45) is 11.8 Å². The summed E-state index contributed by atoms with van der Waals surface area (Å²) < 4.78 is 5.92. The SMILES string of the molecule is CCC1CCC(CCCOc2ccc(-c3ccc(C#N)cc3)cc2)CC1. The molecule has 26 heavy (non-hydrogen) atoms. The van der Waals surface area contributed by atoms with Gasteiger partial charge in [0, 0.05) is 0 Å². The van der Waals surface area contributed by atoms with Gasteiger partial charge in [0.2, 0.25) is 0 Å². The fourth-order valence-electron chi connectivity index (χ4n) is 3.97. The summed E-state index contributed by atoms with van der Waals surface area (Å²) in [5, 5.41) is 8.88. The molecule has 2 heteroatoms. The molecule has 136 valence electrons. The number of benzene rings is 2. The minimum atomic E-state index is 0.692. The number of hydrogen-bond acceptors (Lipinski definition) is 2. The van der Waals surface area contributed by atoms with Gasteiger partial charge in [-0.05, 0) is 60.1 Å². The molecule has 0 spiro atoms. The molecular formula is C24H29NO. The van der Waals surface area contributed by atoms with E-state index in [1.54, 1.807) is 0 Å². The van der Waals surface area contributed by atoms with Gasteiger partial charge >= 0.3 is 0 Å². The summed E-state index contributed by atoms with van der Waals surface area (Å²) in [6.07, 6.45) is 9.50. The Balaban J connectivity index is 1.41. The minimum absolute atomic E-state index is 0.692. The van der Waals surface area contributed by atoms with Crippen molar-refractivity contribution in [3.05, 3.63) is 54.1 Å². The number of ether oxygens (including phenoxy) is 1. The first-order chi connectivity index (χ1) is 12.8. The van der Waals surface area contributed by atoms with Crippen LogP contribution in [0.25, 0.3) is 11.1 Å². The zero-order chi connectivity index (χ0) is 18.2. The van der Waals surface area contributed by atoms with Crippen molar-refractivity contribution >= 4 is 0 Å². The maximum Gasteiger partial charge on any atom is 0.119 e. The zero-order valence-electron chi connectivity index (χ0n) is 15.8. The first-order valence-corrected chi connectivity index (χ1v) is 10.0. The van der Waals surface area contributed by atoms with Crippen LogP contribution in [0.4, 0.5) is 0 Å². The molecule has 0 atom stereocenters. The molecule has 0 N–H and O–H groups in total. The average Bonchev–Trinajstić information content (AvgIpc) is 2.72. The second kappa shape index (κ2) is 9.43. The molecule has 1 aliphatic carbocycles. The Labute approximate surface area is 157 Å². The lowest BCUT2D eigenvalue weighted by atomic mass is 9.79. The van der Waals surface area contributed by atoms with Crippen LogP contribution < -0.4 is 4.74 Å². The number of nitriles is 1. The lowest BCUT2D eigenvalue weighted by Gasteiger charge is -2.27. The number of rotatable bonds is 7. The predicted molar refractivity (Wildman–Crippen MR) is 107 cm³/mol. The Kier molecular flexibility index (Phi) is 6.72. The fourth-order valence-corrected chi connectivity index (χ4v) is 3.97. The summed E-state index contributed by atoms with van der Waals surface area (Å²) in [4.78, 5) is 0. The molecule has 3 rings (SSSR count). The molecule has 0 amide bonds. The maximum absolute atomic E-state index is 8.88. The van der Waals surface area contributed by atoms with Crippen LogP contribution in [0.5, 0.6) is 5.75 Å². The van der Waals surface area contributed by atoms with E-state index in [-0.39, 0.29) is 0 Å². The van der Waals surface area contributed by atoms with Crippen LogP contribution in [0.15, 0.2) is 48.5 Å². The van der Waals surface area contributed by atoms with E-state index >= 15 is 0 Å². The number of nitrogens with zero attached hydrogens (tertiary/aromatic N) is 1.